The average Bonchev–Trinajstić information content (AvgIpc) is 3.09. The first-order valence-corrected chi connectivity index (χ1v) is 7.88. The van der Waals surface area contributed by atoms with E-state index < -0.39 is 11.9 Å². The molecule has 0 bridgehead atoms. The molecule has 1 saturated heterocycles. The zero-order chi connectivity index (χ0) is 15.5. The zero-order valence-electron chi connectivity index (χ0n) is 12.9. The van der Waals surface area contributed by atoms with Gasteiger partial charge in [0.25, 0.3) is 0 Å². The number of nitrogens with zero attached hydrogens (tertiary/aromatic N) is 1. The molecule has 2 atom stereocenters. The highest BCUT2D eigenvalue weighted by atomic mass is 16.5. The van der Waals surface area contributed by atoms with Gasteiger partial charge in [-0.05, 0) is 31.1 Å². The molecule has 21 heavy (non-hydrogen) atoms. The van der Waals surface area contributed by atoms with E-state index in [4.69, 9.17) is 4.74 Å². The maximum atomic E-state index is 12.4. The minimum absolute atomic E-state index is 0.154. The van der Waals surface area contributed by atoms with E-state index in [0.717, 1.165) is 12.8 Å². The fourth-order valence-corrected chi connectivity index (χ4v) is 2.94. The highest BCUT2D eigenvalue weighted by molar-refractivity contribution is 5.77. The highest BCUT2D eigenvalue weighted by Crippen LogP contribution is 2.47. The molecule has 0 aromatic rings. The van der Waals surface area contributed by atoms with Crippen LogP contribution in [-0.4, -0.2) is 54.4 Å². The van der Waals surface area contributed by atoms with Crippen molar-refractivity contribution in [2.75, 3.05) is 26.3 Å². The minimum Gasteiger partial charge on any atom is -0.481 e. The molecule has 1 saturated carbocycles. The van der Waals surface area contributed by atoms with Crippen molar-refractivity contribution in [1.29, 1.82) is 0 Å². The van der Waals surface area contributed by atoms with Crippen LogP contribution >= 0.6 is 0 Å². The van der Waals surface area contributed by atoms with Crippen LogP contribution in [0.5, 0.6) is 0 Å². The lowest BCUT2D eigenvalue weighted by atomic mass is 10.0. The molecule has 0 aromatic carbocycles. The van der Waals surface area contributed by atoms with Crippen molar-refractivity contribution in [3.8, 4) is 0 Å². The predicted molar refractivity (Wildman–Crippen MR) is 78.1 cm³/mol. The van der Waals surface area contributed by atoms with Gasteiger partial charge in [0.1, 0.15) is 5.92 Å². The second-order valence-electron chi connectivity index (χ2n) is 6.26. The maximum Gasteiger partial charge on any atom is 0.317 e. The first-order valence-electron chi connectivity index (χ1n) is 7.88. The van der Waals surface area contributed by atoms with Crippen LogP contribution in [0.15, 0.2) is 0 Å². The van der Waals surface area contributed by atoms with E-state index in [-0.39, 0.29) is 24.1 Å². The second-order valence-corrected chi connectivity index (χ2v) is 6.26. The van der Waals surface area contributed by atoms with Crippen molar-refractivity contribution in [2.24, 2.45) is 11.3 Å². The van der Waals surface area contributed by atoms with E-state index in [1.807, 2.05) is 6.92 Å². The van der Waals surface area contributed by atoms with Crippen molar-refractivity contribution in [3.63, 3.8) is 0 Å². The Balaban J connectivity index is 1.96. The van der Waals surface area contributed by atoms with Gasteiger partial charge in [-0.2, -0.15) is 0 Å². The molecular weight excluding hydrogens is 272 g/mol. The number of carboxylic acid groups (broad SMARTS) is 1. The van der Waals surface area contributed by atoms with Crippen LogP contribution in [0.3, 0.4) is 0 Å². The van der Waals surface area contributed by atoms with E-state index in [2.05, 4.69) is 12.2 Å². The monoisotopic (exact) mass is 298 g/mol. The van der Waals surface area contributed by atoms with Crippen LogP contribution in [0.25, 0.3) is 0 Å². The van der Waals surface area contributed by atoms with Crippen LogP contribution in [-0.2, 0) is 9.53 Å². The number of aliphatic carboxylic acids is 1. The number of hydrogen-bond donors (Lipinski definition) is 2. The summed E-state index contributed by atoms with van der Waals surface area (Å²) in [5, 5.41) is 12.2. The molecule has 2 aliphatic rings. The number of ether oxygens (including phenoxy) is 1. The number of amides is 2. The van der Waals surface area contributed by atoms with Gasteiger partial charge in [0, 0.05) is 13.1 Å². The highest BCUT2D eigenvalue weighted by Gasteiger charge is 2.43. The van der Waals surface area contributed by atoms with Crippen LogP contribution in [0.4, 0.5) is 4.79 Å². The molecule has 2 N–H and O–H groups in total. The van der Waals surface area contributed by atoms with Gasteiger partial charge in [-0.1, -0.05) is 13.8 Å². The number of urea groups is 1. The Hall–Kier alpha value is -1.30. The van der Waals surface area contributed by atoms with Gasteiger partial charge in [-0.15, -0.1) is 0 Å². The topological polar surface area (TPSA) is 78.9 Å². The first-order chi connectivity index (χ1) is 10.0. The summed E-state index contributed by atoms with van der Waals surface area (Å²) in [4.78, 5) is 25.4. The Morgan fingerprint density at radius 3 is 2.57 bits per heavy atom. The lowest BCUT2D eigenvalue weighted by molar-refractivity contribution is -0.142. The van der Waals surface area contributed by atoms with Gasteiger partial charge in [0.15, 0.2) is 0 Å². The van der Waals surface area contributed by atoms with Crippen LogP contribution in [0.2, 0.25) is 0 Å². The fourth-order valence-electron chi connectivity index (χ4n) is 2.94. The van der Waals surface area contributed by atoms with Crippen molar-refractivity contribution >= 4 is 12.0 Å². The summed E-state index contributed by atoms with van der Waals surface area (Å²) in [5.74, 6) is -1.51. The van der Waals surface area contributed by atoms with Gasteiger partial charge < -0.3 is 20.1 Å². The van der Waals surface area contributed by atoms with E-state index >= 15 is 0 Å². The molecular formula is C15H26N2O4. The third-order valence-electron chi connectivity index (χ3n) is 4.82. The summed E-state index contributed by atoms with van der Waals surface area (Å²) in [7, 11) is 0. The van der Waals surface area contributed by atoms with E-state index in [1.54, 1.807) is 4.90 Å². The third-order valence-corrected chi connectivity index (χ3v) is 4.82. The predicted octanol–water partition coefficient (Wildman–Crippen LogP) is 1.70. The standard InChI is InChI=1S/C15H26N2O4/c1-3-7-17(12-9-21-8-11(12)13(18)19)14(20)16-10-15(4-2)5-6-15/h11-12H,3-10H2,1-2H3,(H,16,20)(H,18,19). The Morgan fingerprint density at radius 1 is 1.33 bits per heavy atom. The Bertz CT molecular complexity index is 395. The minimum atomic E-state index is -0.890. The van der Waals surface area contributed by atoms with Crippen molar-refractivity contribution in [2.45, 2.75) is 45.6 Å². The molecule has 6 nitrogen and oxygen atoms in total. The van der Waals surface area contributed by atoms with Crippen LogP contribution < -0.4 is 5.32 Å². The molecule has 0 spiro atoms. The molecule has 0 aromatic heterocycles. The average molecular weight is 298 g/mol. The third kappa shape index (κ3) is 3.67. The molecule has 0 radical (unpaired) electrons. The quantitative estimate of drug-likeness (QED) is 0.750. The zero-order valence-corrected chi connectivity index (χ0v) is 12.9. The number of nitrogens with one attached hydrogen (secondary N) is 1. The smallest absolute Gasteiger partial charge is 0.317 e. The summed E-state index contributed by atoms with van der Waals surface area (Å²) < 4.78 is 5.28. The largest absolute Gasteiger partial charge is 0.481 e. The van der Waals surface area contributed by atoms with Crippen molar-refractivity contribution in [3.05, 3.63) is 0 Å². The SMILES string of the molecule is CCCN(C(=O)NCC1(CC)CC1)C1COCC1C(=O)O. The van der Waals surface area contributed by atoms with E-state index in [0.29, 0.717) is 19.7 Å². The summed E-state index contributed by atoms with van der Waals surface area (Å²) in [6.45, 7) is 5.88. The van der Waals surface area contributed by atoms with Crippen LogP contribution in [0.1, 0.15) is 39.5 Å². The molecule has 1 heterocycles. The Kier molecular flexibility index (Phi) is 5.08. The number of hydrogen-bond acceptors (Lipinski definition) is 3. The fraction of sp³-hybridized carbons (Fsp3) is 0.867. The number of carbonyl (C=O) groups is 2. The second kappa shape index (κ2) is 6.64. The van der Waals surface area contributed by atoms with Crippen LogP contribution in [0, 0.1) is 11.3 Å². The van der Waals surface area contributed by atoms with Crippen molar-refractivity contribution < 1.29 is 19.4 Å². The first kappa shape index (κ1) is 16.1. The van der Waals surface area contributed by atoms with Gasteiger partial charge in [-0.25, -0.2) is 4.79 Å². The van der Waals surface area contributed by atoms with Gasteiger partial charge in [-0.3, -0.25) is 4.79 Å². The molecule has 2 fully saturated rings. The molecule has 2 unspecified atom stereocenters. The van der Waals surface area contributed by atoms with E-state index in [9.17, 15) is 14.7 Å². The molecule has 2 rings (SSSR count). The molecule has 1 aliphatic carbocycles. The summed E-state index contributed by atoms with van der Waals surface area (Å²) in [6, 6.07) is -0.516. The molecule has 1 aliphatic heterocycles. The number of rotatable bonds is 7. The Morgan fingerprint density at radius 2 is 2.05 bits per heavy atom. The number of carboxylic acids is 1. The van der Waals surface area contributed by atoms with Gasteiger partial charge in [0.2, 0.25) is 0 Å². The van der Waals surface area contributed by atoms with Gasteiger partial charge in [0.05, 0.1) is 19.3 Å². The molecule has 2 amide bonds. The summed E-state index contributed by atoms with van der Waals surface area (Å²) in [6.07, 6.45) is 4.21. The molecule has 120 valence electrons. The Labute approximate surface area is 125 Å². The summed E-state index contributed by atoms with van der Waals surface area (Å²) in [5.41, 5.74) is 0.284. The lowest BCUT2D eigenvalue weighted by Crippen LogP contribution is -2.51. The van der Waals surface area contributed by atoms with E-state index in [1.165, 1.54) is 12.8 Å². The lowest BCUT2D eigenvalue weighted by Gasteiger charge is -2.31. The summed E-state index contributed by atoms with van der Waals surface area (Å²) >= 11 is 0. The normalized spacial score (nSPS) is 26.4. The number of carbonyl (C=O) groups excluding carboxylic acids is 1. The van der Waals surface area contributed by atoms with Crippen molar-refractivity contribution in [1.82, 2.24) is 10.2 Å². The maximum absolute atomic E-state index is 12.4. The molecule has 6 heteroatoms. The van der Waals surface area contributed by atoms with Gasteiger partial charge >= 0.3 is 12.0 Å².